The minimum absolute atomic E-state index is 0.0497. The van der Waals surface area contributed by atoms with Crippen molar-refractivity contribution in [3.63, 3.8) is 0 Å². The first-order chi connectivity index (χ1) is 11.9. The van der Waals surface area contributed by atoms with E-state index < -0.39 is 7.37 Å². The first-order valence-electron chi connectivity index (χ1n) is 8.97. The van der Waals surface area contributed by atoms with Crippen molar-refractivity contribution >= 4 is 13.3 Å². The first kappa shape index (κ1) is 20.0. The lowest BCUT2D eigenvalue weighted by molar-refractivity contribution is -0.173. The Balaban J connectivity index is 1.81. The molecule has 6 nitrogen and oxygen atoms in total. The summed E-state index contributed by atoms with van der Waals surface area (Å²) in [5, 5.41) is 13.6. The fourth-order valence-electron chi connectivity index (χ4n) is 3.16. The Bertz CT molecular complexity index is 596. The molecule has 0 radical (unpaired) electrons. The molecular formula is C18H29N2O4P. The Morgan fingerprint density at radius 3 is 2.72 bits per heavy atom. The predicted molar refractivity (Wildman–Crippen MR) is 97.8 cm³/mol. The monoisotopic (exact) mass is 368 g/mol. The summed E-state index contributed by atoms with van der Waals surface area (Å²) in [6.45, 7) is 3.89. The average Bonchev–Trinajstić information content (AvgIpc) is 2.61. The summed E-state index contributed by atoms with van der Waals surface area (Å²) < 4.78 is 18.4. The molecule has 7 heteroatoms. The Morgan fingerprint density at radius 2 is 2.08 bits per heavy atom. The van der Waals surface area contributed by atoms with Gasteiger partial charge < -0.3 is 4.52 Å². The van der Waals surface area contributed by atoms with Crippen molar-refractivity contribution in [3.8, 4) is 5.75 Å². The van der Waals surface area contributed by atoms with E-state index in [0.29, 0.717) is 22.9 Å². The highest BCUT2D eigenvalue weighted by Crippen LogP contribution is 2.45. The maximum Gasteiger partial charge on any atom is 0.261 e. The van der Waals surface area contributed by atoms with Gasteiger partial charge in [0.25, 0.3) is 7.37 Å². The summed E-state index contributed by atoms with van der Waals surface area (Å²) in [6, 6.07) is 9.02. The van der Waals surface area contributed by atoms with Gasteiger partial charge in [-0.05, 0) is 30.9 Å². The van der Waals surface area contributed by atoms with Crippen LogP contribution in [0, 0.1) is 11.8 Å². The summed E-state index contributed by atoms with van der Waals surface area (Å²) in [5.74, 6) is 0.703. The molecule has 1 fully saturated rings. The molecule has 0 spiro atoms. The zero-order chi connectivity index (χ0) is 18.3. The molecule has 1 aliphatic carbocycles. The van der Waals surface area contributed by atoms with E-state index in [9.17, 15) is 14.6 Å². The number of hydroxylamine groups is 2. The number of benzene rings is 1. The van der Waals surface area contributed by atoms with Crippen LogP contribution >= 0.6 is 7.37 Å². The third-order valence-electron chi connectivity index (χ3n) is 4.65. The Hall–Kier alpha value is -1.36. The molecule has 1 aliphatic rings. The molecule has 1 aromatic carbocycles. The van der Waals surface area contributed by atoms with Crippen LogP contribution in [0.2, 0.25) is 0 Å². The van der Waals surface area contributed by atoms with Crippen LogP contribution in [0.25, 0.3) is 0 Å². The van der Waals surface area contributed by atoms with Crippen molar-refractivity contribution in [2.45, 2.75) is 39.5 Å². The molecule has 3 atom stereocenters. The second kappa shape index (κ2) is 9.37. The molecule has 0 bridgehead atoms. The molecule has 1 amide bonds. The van der Waals surface area contributed by atoms with Gasteiger partial charge >= 0.3 is 0 Å². The molecule has 3 unspecified atom stereocenters. The van der Waals surface area contributed by atoms with E-state index in [1.54, 1.807) is 19.1 Å². The van der Waals surface area contributed by atoms with Crippen molar-refractivity contribution in [3.05, 3.63) is 30.3 Å². The standard InChI is InChI=1S/C18H29N2O4P/c1-3-25(23,24-17-10-5-4-6-11-17)14-19-13-20(22)18(21)16-9-7-8-15(2)12-16/h4-6,10-11,15-16,19,22H,3,7-9,12-14H2,1-2H3. The lowest BCUT2D eigenvalue weighted by atomic mass is 9.82. The molecule has 2 rings (SSSR count). The molecule has 0 aliphatic heterocycles. The van der Waals surface area contributed by atoms with Gasteiger partial charge in [0.2, 0.25) is 5.91 Å². The number of amides is 1. The van der Waals surface area contributed by atoms with Crippen molar-refractivity contribution in [1.82, 2.24) is 10.4 Å². The van der Waals surface area contributed by atoms with E-state index in [1.165, 1.54) is 0 Å². The first-order valence-corrected chi connectivity index (χ1v) is 11.0. The average molecular weight is 368 g/mol. The van der Waals surface area contributed by atoms with Gasteiger partial charge in [-0.1, -0.05) is 44.9 Å². The van der Waals surface area contributed by atoms with Gasteiger partial charge in [0.05, 0.1) is 13.0 Å². The molecule has 1 saturated carbocycles. The lowest BCUT2D eigenvalue weighted by Gasteiger charge is -2.28. The number of hydrogen-bond donors (Lipinski definition) is 2. The van der Waals surface area contributed by atoms with Crippen molar-refractivity contribution < 1.29 is 19.1 Å². The Kier molecular flexibility index (Phi) is 7.48. The number of para-hydroxylation sites is 1. The van der Waals surface area contributed by atoms with Crippen LogP contribution in [0.15, 0.2) is 30.3 Å². The van der Waals surface area contributed by atoms with Gasteiger partial charge in [0, 0.05) is 12.1 Å². The summed E-state index contributed by atoms with van der Waals surface area (Å²) in [5.41, 5.74) is 0. The van der Waals surface area contributed by atoms with Gasteiger partial charge in [0.15, 0.2) is 0 Å². The molecule has 1 aromatic rings. The second-order valence-electron chi connectivity index (χ2n) is 6.81. The van der Waals surface area contributed by atoms with Gasteiger partial charge in [-0.3, -0.25) is 19.9 Å². The topological polar surface area (TPSA) is 78.9 Å². The fraction of sp³-hybridized carbons (Fsp3) is 0.611. The number of carbonyl (C=O) groups excluding carboxylic acids is 1. The van der Waals surface area contributed by atoms with E-state index in [1.807, 2.05) is 18.2 Å². The number of nitrogens with one attached hydrogen (secondary N) is 1. The molecular weight excluding hydrogens is 339 g/mol. The van der Waals surface area contributed by atoms with E-state index in [0.717, 1.165) is 25.7 Å². The van der Waals surface area contributed by atoms with E-state index in [-0.39, 0.29) is 24.8 Å². The smallest absolute Gasteiger partial charge is 0.261 e. The second-order valence-corrected chi connectivity index (χ2v) is 9.57. The molecule has 0 aromatic heterocycles. The minimum atomic E-state index is -2.91. The molecule has 2 N–H and O–H groups in total. The normalized spacial score (nSPS) is 22.8. The van der Waals surface area contributed by atoms with Crippen LogP contribution in [0.1, 0.15) is 39.5 Å². The minimum Gasteiger partial charge on any atom is -0.442 e. The van der Waals surface area contributed by atoms with Crippen LogP contribution in [-0.4, -0.2) is 35.3 Å². The number of rotatable bonds is 8. The third kappa shape index (κ3) is 6.14. The predicted octanol–water partition coefficient (Wildman–Crippen LogP) is 3.91. The fourth-order valence-corrected chi connectivity index (χ4v) is 4.52. The summed E-state index contributed by atoms with van der Waals surface area (Å²) in [6.07, 6.45) is 4.28. The Morgan fingerprint density at radius 1 is 1.36 bits per heavy atom. The van der Waals surface area contributed by atoms with E-state index in [4.69, 9.17) is 4.52 Å². The summed E-state index contributed by atoms with van der Waals surface area (Å²) in [4.78, 5) is 12.3. The molecule has 0 heterocycles. The maximum atomic E-state index is 12.8. The van der Waals surface area contributed by atoms with Crippen molar-refractivity contribution in [2.24, 2.45) is 11.8 Å². The van der Waals surface area contributed by atoms with Gasteiger partial charge in [0.1, 0.15) is 5.75 Å². The van der Waals surface area contributed by atoms with Crippen LogP contribution < -0.4 is 9.84 Å². The SMILES string of the molecule is CCP(=O)(CNCN(O)C(=O)C1CCCC(C)C1)Oc1ccccc1. The maximum absolute atomic E-state index is 12.8. The van der Waals surface area contributed by atoms with Gasteiger partial charge in [-0.2, -0.15) is 0 Å². The molecule has 0 saturated heterocycles. The highest BCUT2D eigenvalue weighted by Gasteiger charge is 2.29. The van der Waals surface area contributed by atoms with E-state index in [2.05, 4.69) is 12.2 Å². The Labute approximate surface area is 150 Å². The van der Waals surface area contributed by atoms with Crippen molar-refractivity contribution in [1.29, 1.82) is 0 Å². The number of nitrogens with zero attached hydrogens (tertiary/aromatic N) is 1. The highest BCUT2D eigenvalue weighted by atomic mass is 31.2. The quantitative estimate of drug-likeness (QED) is 0.315. The molecule has 140 valence electrons. The largest absolute Gasteiger partial charge is 0.442 e. The van der Waals surface area contributed by atoms with E-state index >= 15 is 0 Å². The van der Waals surface area contributed by atoms with Crippen LogP contribution in [0.5, 0.6) is 5.75 Å². The summed E-state index contributed by atoms with van der Waals surface area (Å²) in [7, 11) is -2.91. The zero-order valence-corrected chi connectivity index (χ0v) is 16.0. The van der Waals surface area contributed by atoms with Gasteiger partial charge in [-0.25, -0.2) is 5.06 Å². The van der Waals surface area contributed by atoms with Gasteiger partial charge in [-0.15, -0.1) is 0 Å². The van der Waals surface area contributed by atoms with Crippen LogP contribution in [-0.2, 0) is 9.36 Å². The van der Waals surface area contributed by atoms with Crippen LogP contribution in [0.4, 0.5) is 0 Å². The lowest BCUT2D eigenvalue weighted by Crippen LogP contribution is -2.41. The number of carbonyl (C=O) groups is 1. The molecule has 25 heavy (non-hydrogen) atoms. The van der Waals surface area contributed by atoms with Crippen molar-refractivity contribution in [2.75, 3.05) is 19.1 Å². The highest BCUT2D eigenvalue weighted by molar-refractivity contribution is 7.59. The van der Waals surface area contributed by atoms with Crippen LogP contribution in [0.3, 0.4) is 0 Å². The zero-order valence-electron chi connectivity index (χ0n) is 15.1. The number of hydrogen-bond acceptors (Lipinski definition) is 5. The summed E-state index contributed by atoms with van der Waals surface area (Å²) >= 11 is 0. The third-order valence-corrected chi connectivity index (χ3v) is 6.86.